The van der Waals surface area contributed by atoms with Gasteiger partial charge < -0.3 is 11.1 Å². The Bertz CT molecular complexity index is 480. The van der Waals surface area contributed by atoms with E-state index in [0.29, 0.717) is 5.96 Å². The fourth-order valence-electron chi connectivity index (χ4n) is 2.18. The van der Waals surface area contributed by atoms with Crippen LogP contribution in [0.25, 0.3) is 0 Å². The average Bonchev–Trinajstić information content (AvgIpc) is 2.84. The number of anilines is 1. The van der Waals surface area contributed by atoms with Crippen molar-refractivity contribution in [3.63, 3.8) is 0 Å². The number of thioether (sulfide) groups is 1. The smallest absolute Gasteiger partial charge is 0.193 e. The Labute approximate surface area is 120 Å². The van der Waals surface area contributed by atoms with Crippen LogP contribution < -0.4 is 11.1 Å². The van der Waals surface area contributed by atoms with E-state index < -0.39 is 0 Å². The molecule has 104 valence electrons. The number of nitrogens with one attached hydrogen (secondary N) is 1. The van der Waals surface area contributed by atoms with Gasteiger partial charge in [0.05, 0.1) is 6.54 Å². The third-order valence-corrected chi connectivity index (χ3v) is 4.79. The van der Waals surface area contributed by atoms with Crippen molar-refractivity contribution in [2.24, 2.45) is 10.7 Å². The SMILES string of the molecule is CSC(C)(C)CN=C(N)Nc1ccc2c(c1)CCC2. The van der Waals surface area contributed by atoms with E-state index in [-0.39, 0.29) is 4.75 Å². The van der Waals surface area contributed by atoms with Crippen molar-refractivity contribution in [1.82, 2.24) is 0 Å². The number of hydrogen-bond donors (Lipinski definition) is 2. The van der Waals surface area contributed by atoms with Gasteiger partial charge in [0.2, 0.25) is 0 Å². The van der Waals surface area contributed by atoms with Gasteiger partial charge in [-0.3, -0.25) is 4.99 Å². The number of hydrogen-bond acceptors (Lipinski definition) is 2. The van der Waals surface area contributed by atoms with Gasteiger partial charge in [0.1, 0.15) is 0 Å². The van der Waals surface area contributed by atoms with Crippen molar-refractivity contribution < 1.29 is 0 Å². The molecule has 2 rings (SSSR count). The Hall–Kier alpha value is -1.16. The fourth-order valence-corrected chi connectivity index (χ4v) is 2.37. The highest BCUT2D eigenvalue weighted by atomic mass is 32.2. The van der Waals surface area contributed by atoms with E-state index in [1.807, 2.05) is 0 Å². The molecule has 1 aliphatic rings. The second-order valence-electron chi connectivity index (χ2n) is 5.63. The first kappa shape index (κ1) is 14.3. The molecule has 1 aliphatic carbocycles. The maximum Gasteiger partial charge on any atom is 0.193 e. The maximum atomic E-state index is 5.94. The first-order valence-electron chi connectivity index (χ1n) is 6.74. The molecule has 19 heavy (non-hydrogen) atoms. The van der Waals surface area contributed by atoms with Gasteiger partial charge in [0.15, 0.2) is 5.96 Å². The van der Waals surface area contributed by atoms with Gasteiger partial charge in [0.25, 0.3) is 0 Å². The minimum Gasteiger partial charge on any atom is -0.370 e. The van der Waals surface area contributed by atoms with Crippen LogP contribution in [0.4, 0.5) is 5.69 Å². The number of rotatable bonds is 4. The fraction of sp³-hybridized carbons (Fsp3) is 0.533. The zero-order chi connectivity index (χ0) is 13.9. The molecule has 3 N–H and O–H groups in total. The molecular formula is C15H23N3S. The van der Waals surface area contributed by atoms with Crippen molar-refractivity contribution in [2.45, 2.75) is 37.9 Å². The minimum absolute atomic E-state index is 0.129. The molecule has 0 unspecified atom stereocenters. The Morgan fingerprint density at radius 3 is 2.84 bits per heavy atom. The lowest BCUT2D eigenvalue weighted by Gasteiger charge is -2.19. The second kappa shape index (κ2) is 5.87. The Kier molecular flexibility index (Phi) is 4.40. The predicted octanol–water partition coefficient (Wildman–Crippen LogP) is 3.04. The maximum absolute atomic E-state index is 5.94. The molecule has 0 saturated heterocycles. The summed E-state index contributed by atoms with van der Waals surface area (Å²) in [4.78, 5) is 4.42. The highest BCUT2D eigenvalue weighted by molar-refractivity contribution is 7.99. The van der Waals surface area contributed by atoms with Gasteiger partial charge in [-0.25, -0.2) is 0 Å². The molecular weight excluding hydrogens is 254 g/mol. The van der Waals surface area contributed by atoms with Crippen LogP contribution in [-0.4, -0.2) is 23.5 Å². The number of nitrogens with two attached hydrogens (primary N) is 1. The van der Waals surface area contributed by atoms with Crippen LogP contribution in [0.5, 0.6) is 0 Å². The Morgan fingerprint density at radius 1 is 1.37 bits per heavy atom. The van der Waals surface area contributed by atoms with Crippen molar-refractivity contribution >= 4 is 23.4 Å². The summed E-state index contributed by atoms with van der Waals surface area (Å²) in [5, 5.41) is 3.19. The summed E-state index contributed by atoms with van der Waals surface area (Å²) in [6, 6.07) is 6.49. The summed E-state index contributed by atoms with van der Waals surface area (Å²) in [6.07, 6.45) is 5.76. The highest BCUT2D eigenvalue weighted by Gasteiger charge is 2.15. The number of guanidine groups is 1. The number of aryl methyl sites for hydroxylation is 2. The Morgan fingerprint density at radius 2 is 2.11 bits per heavy atom. The van der Waals surface area contributed by atoms with Crippen molar-refractivity contribution in [3.05, 3.63) is 29.3 Å². The standard InChI is InChI=1S/C15H23N3S/c1-15(2,19-3)10-17-14(16)18-13-8-7-11-5-4-6-12(11)9-13/h7-9H,4-6,10H2,1-3H3,(H3,16,17,18). The number of nitrogens with zero attached hydrogens (tertiary/aromatic N) is 1. The number of aliphatic imine (C=N–C) groups is 1. The lowest BCUT2D eigenvalue weighted by atomic mass is 10.1. The largest absolute Gasteiger partial charge is 0.370 e. The molecule has 3 nitrogen and oxygen atoms in total. The van der Waals surface area contributed by atoms with Crippen molar-refractivity contribution in [2.75, 3.05) is 18.1 Å². The normalized spacial score (nSPS) is 15.4. The van der Waals surface area contributed by atoms with E-state index in [1.165, 1.54) is 30.4 Å². The van der Waals surface area contributed by atoms with E-state index in [1.54, 1.807) is 11.8 Å². The second-order valence-corrected chi connectivity index (χ2v) is 7.14. The lowest BCUT2D eigenvalue weighted by molar-refractivity contribution is 0.726. The molecule has 0 bridgehead atoms. The first-order chi connectivity index (χ1) is 9.00. The molecule has 1 aromatic carbocycles. The molecule has 0 heterocycles. The molecule has 0 spiro atoms. The van der Waals surface area contributed by atoms with Gasteiger partial charge in [0, 0.05) is 10.4 Å². The monoisotopic (exact) mass is 277 g/mol. The molecule has 0 atom stereocenters. The molecule has 0 saturated carbocycles. The summed E-state index contributed by atoms with van der Waals surface area (Å²) in [6.45, 7) is 5.06. The van der Waals surface area contributed by atoms with Gasteiger partial charge in [-0.15, -0.1) is 0 Å². The Balaban J connectivity index is 1.99. The summed E-state index contributed by atoms with van der Waals surface area (Å²) in [5.74, 6) is 0.500. The molecule has 0 amide bonds. The van der Waals surface area contributed by atoms with Crippen LogP contribution in [0.2, 0.25) is 0 Å². The topological polar surface area (TPSA) is 50.4 Å². The first-order valence-corrected chi connectivity index (χ1v) is 7.96. The predicted molar refractivity (Wildman–Crippen MR) is 86.2 cm³/mol. The van der Waals surface area contributed by atoms with E-state index in [9.17, 15) is 0 Å². The van der Waals surface area contributed by atoms with Crippen LogP contribution in [-0.2, 0) is 12.8 Å². The summed E-state index contributed by atoms with van der Waals surface area (Å²) in [5.41, 5.74) is 9.91. The van der Waals surface area contributed by atoms with Gasteiger partial charge in [-0.05, 0) is 62.6 Å². The summed E-state index contributed by atoms with van der Waals surface area (Å²) >= 11 is 1.80. The third kappa shape index (κ3) is 3.90. The zero-order valence-electron chi connectivity index (χ0n) is 12.0. The van der Waals surface area contributed by atoms with Gasteiger partial charge >= 0.3 is 0 Å². The molecule has 4 heteroatoms. The lowest BCUT2D eigenvalue weighted by Crippen LogP contribution is -2.27. The number of benzene rings is 1. The molecule has 0 fully saturated rings. The zero-order valence-corrected chi connectivity index (χ0v) is 12.8. The van der Waals surface area contributed by atoms with E-state index in [2.05, 4.69) is 48.6 Å². The van der Waals surface area contributed by atoms with Gasteiger partial charge in [-0.1, -0.05) is 6.07 Å². The molecule has 0 aliphatic heterocycles. The highest BCUT2D eigenvalue weighted by Crippen LogP contribution is 2.25. The summed E-state index contributed by atoms with van der Waals surface area (Å²) < 4.78 is 0.129. The van der Waals surface area contributed by atoms with Gasteiger partial charge in [-0.2, -0.15) is 11.8 Å². The average molecular weight is 277 g/mol. The van der Waals surface area contributed by atoms with E-state index in [4.69, 9.17) is 5.73 Å². The summed E-state index contributed by atoms with van der Waals surface area (Å²) in [7, 11) is 0. The van der Waals surface area contributed by atoms with Crippen LogP contribution in [0.15, 0.2) is 23.2 Å². The minimum atomic E-state index is 0.129. The van der Waals surface area contributed by atoms with Crippen LogP contribution >= 0.6 is 11.8 Å². The van der Waals surface area contributed by atoms with Crippen molar-refractivity contribution in [1.29, 1.82) is 0 Å². The molecule has 0 aromatic heterocycles. The van der Waals surface area contributed by atoms with E-state index in [0.717, 1.165) is 12.2 Å². The quantitative estimate of drug-likeness (QED) is 0.657. The van der Waals surface area contributed by atoms with Crippen LogP contribution in [0, 0.1) is 0 Å². The van der Waals surface area contributed by atoms with E-state index >= 15 is 0 Å². The molecule has 1 aromatic rings. The third-order valence-electron chi connectivity index (χ3n) is 3.55. The van der Waals surface area contributed by atoms with Crippen molar-refractivity contribution in [3.8, 4) is 0 Å². The number of fused-ring (bicyclic) bond motifs is 1. The van der Waals surface area contributed by atoms with Crippen LogP contribution in [0.3, 0.4) is 0 Å². The molecule has 0 radical (unpaired) electrons. The van der Waals surface area contributed by atoms with Crippen LogP contribution in [0.1, 0.15) is 31.4 Å².